The van der Waals surface area contributed by atoms with Crippen molar-refractivity contribution in [1.29, 1.82) is 0 Å². The van der Waals surface area contributed by atoms with Gasteiger partial charge in [-0.1, -0.05) is 105 Å². The summed E-state index contributed by atoms with van der Waals surface area (Å²) in [6.07, 6.45) is -0.235. The molecule has 6 aromatic rings. The Hall–Kier alpha value is -8.00. The quantitative estimate of drug-likeness (QED) is 0.0354. The van der Waals surface area contributed by atoms with E-state index in [9.17, 15) is 55.2 Å². The van der Waals surface area contributed by atoms with Crippen LogP contribution in [0.4, 0.5) is 4.79 Å². The second-order valence-corrected chi connectivity index (χ2v) is 42.5. The Morgan fingerprint density at radius 3 is 1.27 bits per heavy atom. The first-order valence-corrected chi connectivity index (χ1v) is 48.1. The van der Waals surface area contributed by atoms with E-state index >= 15 is 0 Å². The van der Waals surface area contributed by atoms with Gasteiger partial charge in [0.25, 0.3) is 0 Å². The molecule has 37 heteroatoms. The van der Waals surface area contributed by atoms with E-state index in [1.165, 1.54) is 67.8 Å². The third-order valence-corrected chi connectivity index (χ3v) is 31.2. The Morgan fingerprint density at radius 2 is 0.944 bits per heavy atom. The molecular weight excluding hydrogens is 1720 g/mol. The van der Waals surface area contributed by atoms with Crippen molar-refractivity contribution in [2.45, 2.75) is 263 Å². The fourth-order valence-corrected chi connectivity index (χ4v) is 22.9. The third-order valence-electron chi connectivity index (χ3n) is 25.1. The topological polar surface area (TPSA) is 376 Å². The lowest BCUT2D eigenvalue weighted by atomic mass is 9.90. The number of piperazine rings is 2. The fourth-order valence-electron chi connectivity index (χ4n) is 17.7. The highest BCUT2D eigenvalue weighted by atomic mass is 35.5. The molecule has 0 radical (unpaired) electrons. The van der Waals surface area contributed by atoms with Gasteiger partial charge in [-0.2, -0.15) is 0 Å². The van der Waals surface area contributed by atoms with Gasteiger partial charge < -0.3 is 57.3 Å². The highest BCUT2D eigenvalue weighted by Gasteiger charge is 2.66. The maximum Gasteiger partial charge on any atom is 0.411 e. The number of carbonyl (C=O) groups excluding carboxylic acids is 8. The van der Waals surface area contributed by atoms with Crippen molar-refractivity contribution in [3.8, 4) is 44.4 Å². The van der Waals surface area contributed by atoms with Crippen molar-refractivity contribution in [3.63, 3.8) is 0 Å². The molecule has 4 aliphatic carbocycles. The highest BCUT2D eigenvalue weighted by molar-refractivity contribution is 7.91. The molecule has 4 saturated carbocycles. The van der Waals surface area contributed by atoms with Gasteiger partial charge in [-0.3, -0.25) is 47.9 Å². The number of hydrogen-bond acceptors (Lipinski definition) is 27. The zero-order valence-electron chi connectivity index (χ0n) is 73.4. The molecule has 2 N–H and O–H groups in total. The molecule has 12 atom stereocenters. The number of amides is 6. The Kier molecular flexibility index (Phi) is 27.9. The number of ether oxygens (including phenoxy) is 9. The molecule has 6 amide bonds. The number of rotatable bonds is 34. The minimum absolute atomic E-state index is 0.0141. The van der Waals surface area contributed by atoms with Gasteiger partial charge in [0.05, 0.1) is 67.9 Å². The second-order valence-electron chi connectivity index (χ2n) is 36.1. The average molecular weight is 1840 g/mol. The number of pyridine rings is 2. The number of Topliss-reactive ketones (excluding diaryl/α,β-unsaturated/α-hetero) is 2. The zero-order chi connectivity index (χ0) is 90.0. The molecule has 4 aromatic heterocycles. The van der Waals surface area contributed by atoms with Gasteiger partial charge in [-0.25, -0.2) is 41.6 Å². The van der Waals surface area contributed by atoms with E-state index in [2.05, 4.69) is 9.44 Å². The molecule has 8 fully saturated rings. The molecule has 0 bridgehead atoms. The normalized spacial score (nSPS) is 25.0. The van der Waals surface area contributed by atoms with Crippen LogP contribution in [0, 0.1) is 34.5 Å². The molecule has 676 valence electrons. The summed E-state index contributed by atoms with van der Waals surface area (Å²) in [6.45, 7) is 26.2. The largest absolute Gasteiger partial charge is 0.487 e. The number of ketones is 2. The van der Waals surface area contributed by atoms with E-state index in [0.29, 0.717) is 118 Å². The number of sulfonamides is 2. The lowest BCUT2D eigenvalue weighted by molar-refractivity contribution is -0.159. The van der Waals surface area contributed by atoms with Gasteiger partial charge in [-0.05, 0) is 119 Å². The molecule has 4 aliphatic heterocycles. The first kappa shape index (κ1) is 93.6. The van der Waals surface area contributed by atoms with Crippen molar-refractivity contribution < 1.29 is 97.8 Å². The van der Waals surface area contributed by atoms with Crippen LogP contribution in [0.2, 0.25) is 10.0 Å². The van der Waals surface area contributed by atoms with E-state index in [4.69, 9.17) is 85.8 Å². The van der Waals surface area contributed by atoms with E-state index in [-0.39, 0.29) is 121 Å². The summed E-state index contributed by atoms with van der Waals surface area (Å²) in [6, 6.07) is 5.04. The van der Waals surface area contributed by atoms with Crippen LogP contribution in [0.3, 0.4) is 0 Å². The molecule has 4 saturated heterocycles. The maximum absolute atomic E-state index is 14.9. The van der Waals surface area contributed by atoms with Crippen molar-refractivity contribution in [3.05, 3.63) is 68.6 Å². The van der Waals surface area contributed by atoms with Gasteiger partial charge in [0.15, 0.2) is 24.1 Å². The molecule has 124 heavy (non-hydrogen) atoms. The van der Waals surface area contributed by atoms with E-state index in [1.54, 1.807) is 67.0 Å². The molecule has 0 unspecified atom stereocenters. The molecular formula is C87H114Cl2N10O21S4. The minimum atomic E-state index is -3.87. The molecule has 8 aliphatic rings. The zero-order valence-corrected chi connectivity index (χ0v) is 78.1. The molecule has 31 nitrogen and oxygen atoms in total. The minimum Gasteiger partial charge on any atom is -0.487 e. The summed E-state index contributed by atoms with van der Waals surface area (Å²) in [5.41, 5.74) is 0.151. The van der Waals surface area contributed by atoms with Crippen LogP contribution >= 0.6 is 45.9 Å². The fraction of sp³-hybridized carbons (Fsp3) is 0.632. The maximum atomic E-state index is 14.9. The summed E-state index contributed by atoms with van der Waals surface area (Å²) in [5, 5.41) is 5.43. The predicted molar refractivity (Wildman–Crippen MR) is 466 cm³/mol. The van der Waals surface area contributed by atoms with Crippen molar-refractivity contribution in [2.24, 2.45) is 34.5 Å². The van der Waals surface area contributed by atoms with E-state index < -0.39 is 132 Å². The molecule has 2 aromatic carbocycles. The number of halogens is 2. The number of carbonyl (C=O) groups is 8. The van der Waals surface area contributed by atoms with Crippen molar-refractivity contribution in [2.75, 3.05) is 54.7 Å². The predicted octanol–water partition coefficient (Wildman–Crippen LogP) is 12.8. The SMILES string of the molecule is CC[C@@H]1C[C@]1(CC(=O)[C@@H]1C[C@@H](Oc2cc(-c3nc(C(C)C)cs3)nc3c(Cl)c(OCC(OC)OC)ccc23)[C@H]2CN(C(=O)OC(C)(C)C)[C@H](C(C)C)C(=O)N21)C(=O)NS(=O)(=O)C1CC1.CC[C@@H]1C[C@]1(CC(=O)[C@@H]1C[C@@H](Oc2cc(-c3nc(C(C)C)cs3)nc3c(Cl)c(OCC(OC)OC)ccc23)[C@H]2CN(C(C)=O)[C@H](C(C)C)C(=O)N21)C(=O)NS(=O)(=O)C1CC1. The summed E-state index contributed by atoms with van der Waals surface area (Å²) in [7, 11) is -1.72. The summed E-state index contributed by atoms with van der Waals surface area (Å²) in [5.74, 6) is -2.52. The Balaban J connectivity index is 0.000000214. The number of methoxy groups -OCH3 is 4. The number of nitrogens with zero attached hydrogens (tertiary/aromatic N) is 8. The summed E-state index contributed by atoms with van der Waals surface area (Å²) >= 11 is 16.9. The smallest absolute Gasteiger partial charge is 0.411 e. The average Bonchev–Trinajstić information content (AvgIpc) is 1.56. The van der Waals surface area contributed by atoms with E-state index in [0.717, 1.165) is 11.4 Å². The monoisotopic (exact) mass is 1830 g/mol. The van der Waals surface area contributed by atoms with Crippen LogP contribution in [0.1, 0.15) is 197 Å². The van der Waals surface area contributed by atoms with Gasteiger partial charge in [0.1, 0.15) is 97.6 Å². The van der Waals surface area contributed by atoms with Crippen LogP contribution in [0.15, 0.2) is 47.2 Å². The van der Waals surface area contributed by atoms with Crippen molar-refractivity contribution in [1.82, 2.24) is 49.0 Å². The standard InChI is InChI=1S/C45H60ClN5O11S2.C42H54ClN5O10S2/c1-11-25-18-45(25,42(54)49-64(56,57)26-12-13-26)19-32(52)30-17-35(31-20-50(43(55)62-44(6,7)8)39(24(4)5)41(53)51(30)31)61-34-16-28(40-48-29(22-63-40)23(2)3)47-38-27(34)14-15-33(37(38)46)60-21-36(58-9)59-10;1-9-24-16-42(24,41(52)46-60(53,54)25-10-11-25)17-31(50)29-15-34(30-18-47(23(6)49)38(22(4)5)40(51)48(29)30)58-33-14-27(39-45-28(20-59-39)21(2)3)44-37-26(33)12-13-32(36(37)43)57-19-35(55-7)56-8/h14-16,22-26,30-31,35-36,39H,11-13,17-21H2,1-10H3,(H,49,54);12-14,20-22,24-25,29-30,34-35,38H,9-11,15-19H2,1-8H3,(H,46,52)/t25-,30+,31-,35-,39-,45-;24-,29+,30-,34-,38-,42-/m11/s1. The highest BCUT2D eigenvalue weighted by Crippen LogP contribution is 2.60. The Bertz CT molecular complexity index is 5320. The number of benzene rings is 2. The van der Waals surface area contributed by atoms with Crippen molar-refractivity contribution >= 4 is 135 Å². The molecule has 14 rings (SSSR count). The summed E-state index contributed by atoms with van der Waals surface area (Å²) < 4.78 is 109. The molecule has 0 spiro atoms. The van der Waals surface area contributed by atoms with Gasteiger partial charge in [0.2, 0.25) is 49.6 Å². The Labute approximate surface area is 742 Å². The number of aromatic nitrogens is 4. The lowest BCUT2D eigenvalue weighted by Crippen LogP contribution is -2.66. The first-order valence-electron chi connectivity index (χ1n) is 42.5. The number of hydrogen-bond donors (Lipinski definition) is 2. The third kappa shape index (κ3) is 19.2. The number of nitrogens with one attached hydrogen (secondary N) is 2. The summed E-state index contributed by atoms with van der Waals surface area (Å²) in [4.78, 5) is 139. The van der Waals surface area contributed by atoms with Crippen LogP contribution in [-0.2, 0) is 77.3 Å². The van der Waals surface area contributed by atoms with Gasteiger partial charge in [0, 0.05) is 108 Å². The first-order chi connectivity index (χ1) is 58.6. The van der Waals surface area contributed by atoms with Crippen LogP contribution in [0.5, 0.6) is 23.0 Å². The number of thiazole rings is 2. The van der Waals surface area contributed by atoms with E-state index in [1.807, 2.05) is 80.0 Å². The van der Waals surface area contributed by atoms with Gasteiger partial charge >= 0.3 is 6.09 Å². The van der Waals surface area contributed by atoms with Crippen LogP contribution < -0.4 is 28.4 Å². The second kappa shape index (κ2) is 37.0. The lowest BCUT2D eigenvalue weighted by Gasteiger charge is -2.46. The van der Waals surface area contributed by atoms with Crippen LogP contribution in [0.25, 0.3) is 43.2 Å². The van der Waals surface area contributed by atoms with Crippen LogP contribution in [-0.4, -0.2) is 235 Å². The van der Waals surface area contributed by atoms with Gasteiger partial charge in [-0.15, -0.1) is 22.7 Å². The Morgan fingerprint density at radius 1 is 0.565 bits per heavy atom. The number of fused-ring (bicyclic) bond motifs is 4. The molecule has 8 heterocycles.